The molecule has 0 radical (unpaired) electrons. The standard InChI is InChI=1S/C15H18N2O4/c1-9(2)17-15(19)11(8-16)5-10-6-12(20-3)14(18)13(7-10)21-4/h5-7,9,18H,1-4H3,(H,17,19)/b11-5-. The average Bonchev–Trinajstić information content (AvgIpc) is 2.44. The number of rotatable bonds is 5. The quantitative estimate of drug-likeness (QED) is 0.637. The molecule has 0 unspecified atom stereocenters. The summed E-state index contributed by atoms with van der Waals surface area (Å²) >= 11 is 0. The van der Waals surface area contributed by atoms with E-state index in [4.69, 9.17) is 14.7 Å². The minimum absolute atomic E-state index is 0.0431. The van der Waals surface area contributed by atoms with Crippen LogP contribution in [0.4, 0.5) is 0 Å². The van der Waals surface area contributed by atoms with Crippen molar-refractivity contribution in [3.05, 3.63) is 23.3 Å². The van der Waals surface area contributed by atoms with Crippen molar-refractivity contribution in [1.29, 1.82) is 5.26 Å². The van der Waals surface area contributed by atoms with E-state index in [1.54, 1.807) is 13.8 Å². The number of methoxy groups -OCH3 is 2. The highest BCUT2D eigenvalue weighted by molar-refractivity contribution is 6.01. The highest BCUT2D eigenvalue weighted by atomic mass is 16.5. The number of ether oxygens (including phenoxy) is 2. The molecule has 2 N–H and O–H groups in total. The summed E-state index contributed by atoms with van der Waals surface area (Å²) in [6, 6.07) is 4.80. The summed E-state index contributed by atoms with van der Waals surface area (Å²) < 4.78 is 10.1. The van der Waals surface area contributed by atoms with E-state index >= 15 is 0 Å². The maximum Gasteiger partial charge on any atom is 0.262 e. The summed E-state index contributed by atoms with van der Waals surface area (Å²) in [5, 5.41) is 21.5. The lowest BCUT2D eigenvalue weighted by atomic mass is 10.1. The summed E-state index contributed by atoms with van der Waals surface area (Å²) in [4.78, 5) is 11.9. The molecule has 0 aliphatic heterocycles. The zero-order valence-corrected chi connectivity index (χ0v) is 12.4. The summed E-state index contributed by atoms with van der Waals surface area (Å²) in [5.74, 6) is -0.204. The molecule has 0 spiro atoms. The Morgan fingerprint density at radius 3 is 2.24 bits per heavy atom. The molecular formula is C15H18N2O4. The third kappa shape index (κ3) is 4.14. The molecule has 1 amide bonds. The van der Waals surface area contributed by atoms with Gasteiger partial charge in [-0.25, -0.2) is 0 Å². The first-order valence-corrected chi connectivity index (χ1v) is 6.30. The molecule has 1 rings (SSSR count). The van der Waals surface area contributed by atoms with Crippen molar-refractivity contribution >= 4 is 12.0 Å². The molecule has 6 nitrogen and oxygen atoms in total. The second kappa shape index (κ2) is 7.20. The Hall–Kier alpha value is -2.68. The third-order valence-corrected chi connectivity index (χ3v) is 2.60. The van der Waals surface area contributed by atoms with Gasteiger partial charge in [0.05, 0.1) is 14.2 Å². The number of carbonyl (C=O) groups excluding carboxylic acids is 1. The molecule has 6 heteroatoms. The van der Waals surface area contributed by atoms with Crippen molar-refractivity contribution in [2.75, 3.05) is 14.2 Å². The molecule has 0 aromatic heterocycles. The van der Waals surface area contributed by atoms with Crippen LogP contribution in [0, 0.1) is 11.3 Å². The predicted octanol–water partition coefficient (Wildman–Crippen LogP) is 1.84. The third-order valence-electron chi connectivity index (χ3n) is 2.60. The molecule has 112 valence electrons. The number of nitrogens with zero attached hydrogens (tertiary/aromatic N) is 1. The first-order valence-electron chi connectivity index (χ1n) is 6.30. The van der Waals surface area contributed by atoms with E-state index in [-0.39, 0.29) is 28.9 Å². The molecule has 0 heterocycles. The van der Waals surface area contributed by atoms with Crippen LogP contribution in [0.2, 0.25) is 0 Å². The van der Waals surface area contributed by atoms with Gasteiger partial charge in [-0.1, -0.05) is 0 Å². The van der Waals surface area contributed by atoms with Crippen LogP contribution in [0.15, 0.2) is 17.7 Å². The molecule has 0 atom stereocenters. The van der Waals surface area contributed by atoms with Gasteiger partial charge < -0.3 is 19.9 Å². The molecule has 0 fully saturated rings. The van der Waals surface area contributed by atoms with E-state index in [0.717, 1.165) is 0 Å². The van der Waals surface area contributed by atoms with Crippen molar-refractivity contribution in [2.45, 2.75) is 19.9 Å². The van der Waals surface area contributed by atoms with Gasteiger partial charge in [0.1, 0.15) is 11.6 Å². The van der Waals surface area contributed by atoms with Gasteiger partial charge in [-0.05, 0) is 37.6 Å². The van der Waals surface area contributed by atoms with Crippen LogP contribution in [0.25, 0.3) is 6.08 Å². The van der Waals surface area contributed by atoms with E-state index in [9.17, 15) is 9.90 Å². The number of benzene rings is 1. The minimum atomic E-state index is -0.460. The fourth-order valence-electron chi connectivity index (χ4n) is 1.65. The van der Waals surface area contributed by atoms with Gasteiger partial charge in [0.2, 0.25) is 5.75 Å². The maximum absolute atomic E-state index is 11.9. The number of hydrogen-bond donors (Lipinski definition) is 2. The highest BCUT2D eigenvalue weighted by Gasteiger charge is 2.13. The lowest BCUT2D eigenvalue weighted by molar-refractivity contribution is -0.117. The fraction of sp³-hybridized carbons (Fsp3) is 0.333. The van der Waals surface area contributed by atoms with Crippen LogP contribution in [0.1, 0.15) is 19.4 Å². The van der Waals surface area contributed by atoms with Gasteiger partial charge in [0.25, 0.3) is 5.91 Å². The van der Waals surface area contributed by atoms with Crippen molar-refractivity contribution in [3.8, 4) is 23.3 Å². The molecular weight excluding hydrogens is 272 g/mol. The lowest BCUT2D eigenvalue weighted by Gasteiger charge is -2.10. The highest BCUT2D eigenvalue weighted by Crippen LogP contribution is 2.37. The Balaban J connectivity index is 3.23. The number of carbonyl (C=O) groups is 1. The number of aromatic hydroxyl groups is 1. The first kappa shape index (κ1) is 16.4. The second-order valence-corrected chi connectivity index (χ2v) is 4.57. The second-order valence-electron chi connectivity index (χ2n) is 4.57. The Morgan fingerprint density at radius 1 is 1.33 bits per heavy atom. The number of nitrogens with one attached hydrogen (secondary N) is 1. The average molecular weight is 290 g/mol. The Bertz CT molecular complexity index is 575. The zero-order chi connectivity index (χ0) is 16.0. The van der Waals surface area contributed by atoms with Crippen LogP contribution in [-0.4, -0.2) is 31.3 Å². The van der Waals surface area contributed by atoms with Crippen LogP contribution < -0.4 is 14.8 Å². The molecule has 0 saturated heterocycles. The molecule has 0 aliphatic rings. The van der Waals surface area contributed by atoms with Crippen LogP contribution in [0.3, 0.4) is 0 Å². The van der Waals surface area contributed by atoms with Crippen molar-refractivity contribution in [2.24, 2.45) is 0 Å². The van der Waals surface area contributed by atoms with Crippen molar-refractivity contribution in [1.82, 2.24) is 5.32 Å². The summed E-state index contributed by atoms with van der Waals surface area (Å²) in [5.41, 5.74) is 0.468. The van der Waals surface area contributed by atoms with Gasteiger partial charge in [0, 0.05) is 6.04 Å². The van der Waals surface area contributed by atoms with E-state index in [1.165, 1.54) is 32.4 Å². The van der Waals surface area contributed by atoms with E-state index in [1.807, 2.05) is 6.07 Å². The Labute approximate surface area is 123 Å². The Morgan fingerprint density at radius 2 is 1.86 bits per heavy atom. The fourth-order valence-corrected chi connectivity index (χ4v) is 1.65. The van der Waals surface area contributed by atoms with Crippen molar-refractivity contribution in [3.63, 3.8) is 0 Å². The maximum atomic E-state index is 11.9. The summed E-state index contributed by atoms with van der Waals surface area (Å²) in [6.07, 6.45) is 1.40. The molecule has 0 saturated carbocycles. The molecule has 1 aromatic rings. The van der Waals surface area contributed by atoms with Crippen LogP contribution in [-0.2, 0) is 4.79 Å². The van der Waals surface area contributed by atoms with Gasteiger partial charge in [-0.3, -0.25) is 4.79 Å². The lowest BCUT2D eigenvalue weighted by Crippen LogP contribution is -2.30. The van der Waals surface area contributed by atoms with Gasteiger partial charge >= 0.3 is 0 Å². The zero-order valence-electron chi connectivity index (χ0n) is 12.4. The number of phenolic OH excluding ortho intramolecular Hbond substituents is 1. The smallest absolute Gasteiger partial charge is 0.262 e. The SMILES string of the molecule is COc1cc(/C=C(/C#N)C(=O)NC(C)C)cc(OC)c1O. The summed E-state index contributed by atoms with van der Waals surface area (Å²) in [6.45, 7) is 3.61. The van der Waals surface area contributed by atoms with Gasteiger partial charge in [0.15, 0.2) is 11.5 Å². The predicted molar refractivity (Wildman–Crippen MR) is 78.1 cm³/mol. The first-order chi connectivity index (χ1) is 9.92. The van der Waals surface area contributed by atoms with Gasteiger partial charge in [-0.2, -0.15) is 5.26 Å². The van der Waals surface area contributed by atoms with E-state index in [2.05, 4.69) is 5.32 Å². The number of amides is 1. The topological polar surface area (TPSA) is 91.6 Å². The van der Waals surface area contributed by atoms with E-state index < -0.39 is 5.91 Å². The van der Waals surface area contributed by atoms with Crippen molar-refractivity contribution < 1.29 is 19.4 Å². The number of nitriles is 1. The molecule has 0 bridgehead atoms. The largest absolute Gasteiger partial charge is 0.502 e. The normalized spacial score (nSPS) is 11.0. The monoisotopic (exact) mass is 290 g/mol. The molecule has 0 aliphatic carbocycles. The Kier molecular flexibility index (Phi) is 5.61. The van der Waals surface area contributed by atoms with Crippen LogP contribution >= 0.6 is 0 Å². The number of phenols is 1. The van der Waals surface area contributed by atoms with Gasteiger partial charge in [-0.15, -0.1) is 0 Å². The van der Waals surface area contributed by atoms with Crippen LogP contribution in [0.5, 0.6) is 17.2 Å². The summed E-state index contributed by atoms with van der Waals surface area (Å²) in [7, 11) is 2.80. The number of hydrogen-bond acceptors (Lipinski definition) is 5. The molecule has 1 aromatic carbocycles. The van der Waals surface area contributed by atoms with E-state index in [0.29, 0.717) is 5.56 Å². The minimum Gasteiger partial charge on any atom is -0.502 e. The molecule has 21 heavy (non-hydrogen) atoms.